The van der Waals surface area contributed by atoms with E-state index in [2.05, 4.69) is 17.5 Å². The predicted molar refractivity (Wildman–Crippen MR) is 97.3 cm³/mol. The normalized spacial score (nSPS) is 11.2. The number of unbranched alkanes of at least 4 members (excludes halogenated alkanes) is 1. The van der Waals surface area contributed by atoms with Crippen molar-refractivity contribution in [2.24, 2.45) is 5.10 Å². The fraction of sp³-hybridized carbons (Fsp3) is 0.300. The van der Waals surface area contributed by atoms with E-state index in [0.717, 1.165) is 36.3 Å². The molecular weight excluding hydrogens is 300 g/mol. The van der Waals surface area contributed by atoms with Gasteiger partial charge in [0.1, 0.15) is 12.4 Å². The van der Waals surface area contributed by atoms with Crippen LogP contribution in [0.3, 0.4) is 0 Å². The third-order valence-corrected chi connectivity index (χ3v) is 3.61. The van der Waals surface area contributed by atoms with Crippen LogP contribution >= 0.6 is 0 Å². The fourth-order valence-corrected chi connectivity index (χ4v) is 2.14. The molecule has 0 heterocycles. The average Bonchev–Trinajstić information content (AvgIpc) is 2.64. The summed E-state index contributed by atoms with van der Waals surface area (Å²) in [5.74, 6) is 0.526. The highest BCUT2D eigenvalue weighted by Crippen LogP contribution is 2.14. The van der Waals surface area contributed by atoms with Gasteiger partial charge in [-0.05, 0) is 49.6 Å². The molecule has 0 aliphatic heterocycles. The second kappa shape index (κ2) is 9.50. The summed E-state index contributed by atoms with van der Waals surface area (Å²) in [6, 6.07) is 17.0. The molecule has 0 bridgehead atoms. The molecule has 1 N–H and O–H groups in total. The van der Waals surface area contributed by atoms with Crippen molar-refractivity contribution < 1.29 is 9.53 Å². The Morgan fingerprint density at radius 2 is 1.79 bits per heavy atom. The molecule has 2 rings (SSSR count). The Balaban J connectivity index is 1.85. The number of carbonyl (C=O) groups excluding carboxylic acids is 1. The minimum Gasteiger partial charge on any atom is -0.489 e. The lowest BCUT2D eigenvalue weighted by atomic mass is 10.2. The number of nitrogens with one attached hydrogen (secondary N) is 1. The molecule has 1 amide bonds. The molecular formula is C20H24N2O2. The summed E-state index contributed by atoms with van der Waals surface area (Å²) in [5, 5.41) is 4.12. The molecule has 0 atom stereocenters. The first-order valence-electron chi connectivity index (χ1n) is 8.29. The first-order valence-corrected chi connectivity index (χ1v) is 8.29. The smallest absolute Gasteiger partial charge is 0.271 e. The van der Waals surface area contributed by atoms with Gasteiger partial charge in [-0.3, -0.25) is 4.79 Å². The van der Waals surface area contributed by atoms with Crippen LogP contribution in [0.4, 0.5) is 0 Å². The van der Waals surface area contributed by atoms with Crippen molar-refractivity contribution >= 4 is 11.6 Å². The van der Waals surface area contributed by atoms with E-state index in [1.807, 2.05) is 37.3 Å². The number of hydrazone groups is 1. The van der Waals surface area contributed by atoms with Crippen LogP contribution in [0, 0.1) is 0 Å². The van der Waals surface area contributed by atoms with E-state index in [9.17, 15) is 4.79 Å². The zero-order valence-corrected chi connectivity index (χ0v) is 14.3. The average molecular weight is 324 g/mol. The van der Waals surface area contributed by atoms with E-state index in [0.29, 0.717) is 12.2 Å². The summed E-state index contributed by atoms with van der Waals surface area (Å²) in [6.07, 6.45) is 3.10. The topological polar surface area (TPSA) is 50.7 Å². The quantitative estimate of drug-likeness (QED) is 0.571. The second-order valence-electron chi connectivity index (χ2n) is 5.69. The third kappa shape index (κ3) is 5.88. The first kappa shape index (κ1) is 17.7. The number of nitrogens with zero attached hydrogens (tertiary/aromatic N) is 1. The second-order valence-corrected chi connectivity index (χ2v) is 5.69. The number of hydrogen-bond donors (Lipinski definition) is 1. The lowest BCUT2D eigenvalue weighted by molar-refractivity contribution is 0.0954. The van der Waals surface area contributed by atoms with Gasteiger partial charge < -0.3 is 4.74 Å². The molecule has 0 unspecified atom stereocenters. The number of benzene rings is 2. The maximum atomic E-state index is 12.1. The largest absolute Gasteiger partial charge is 0.489 e. The zero-order chi connectivity index (χ0) is 17.2. The van der Waals surface area contributed by atoms with E-state index in [4.69, 9.17) is 4.74 Å². The van der Waals surface area contributed by atoms with Crippen molar-refractivity contribution in [3.05, 3.63) is 65.7 Å². The molecule has 126 valence electrons. The van der Waals surface area contributed by atoms with Gasteiger partial charge in [0.2, 0.25) is 0 Å². The van der Waals surface area contributed by atoms with Crippen LogP contribution in [0.15, 0.2) is 59.7 Å². The van der Waals surface area contributed by atoms with Crippen LogP contribution in [-0.2, 0) is 6.61 Å². The Bertz CT molecular complexity index is 664. The Kier molecular flexibility index (Phi) is 7.02. The highest BCUT2D eigenvalue weighted by atomic mass is 16.5. The number of hydrogen-bond acceptors (Lipinski definition) is 3. The monoisotopic (exact) mass is 324 g/mol. The highest BCUT2D eigenvalue weighted by Gasteiger charge is 2.05. The van der Waals surface area contributed by atoms with Crippen LogP contribution in [0.25, 0.3) is 0 Å². The Morgan fingerprint density at radius 3 is 2.46 bits per heavy atom. The van der Waals surface area contributed by atoms with Crippen LogP contribution in [-0.4, -0.2) is 11.6 Å². The van der Waals surface area contributed by atoms with E-state index in [1.54, 1.807) is 24.3 Å². The van der Waals surface area contributed by atoms with Crippen LogP contribution in [0.2, 0.25) is 0 Å². The number of ether oxygens (including phenoxy) is 1. The molecule has 0 aliphatic rings. The van der Waals surface area contributed by atoms with Crippen molar-refractivity contribution in [2.45, 2.75) is 39.7 Å². The summed E-state index contributed by atoms with van der Waals surface area (Å²) < 4.78 is 5.71. The summed E-state index contributed by atoms with van der Waals surface area (Å²) in [7, 11) is 0. The van der Waals surface area contributed by atoms with Gasteiger partial charge >= 0.3 is 0 Å². The molecule has 24 heavy (non-hydrogen) atoms. The molecule has 0 aliphatic carbocycles. The molecule has 2 aromatic carbocycles. The van der Waals surface area contributed by atoms with Gasteiger partial charge in [0.25, 0.3) is 5.91 Å². The zero-order valence-electron chi connectivity index (χ0n) is 14.3. The van der Waals surface area contributed by atoms with E-state index in [-0.39, 0.29) is 5.91 Å². The maximum Gasteiger partial charge on any atom is 0.271 e. The lowest BCUT2D eigenvalue weighted by Gasteiger charge is -2.07. The molecule has 0 saturated carbocycles. The van der Waals surface area contributed by atoms with E-state index < -0.39 is 0 Å². The summed E-state index contributed by atoms with van der Waals surface area (Å²) in [5.41, 5.74) is 5.20. The van der Waals surface area contributed by atoms with Crippen LogP contribution < -0.4 is 10.2 Å². The van der Waals surface area contributed by atoms with E-state index >= 15 is 0 Å². The number of amides is 1. The fourth-order valence-electron chi connectivity index (χ4n) is 2.14. The van der Waals surface area contributed by atoms with Crippen molar-refractivity contribution in [1.82, 2.24) is 5.43 Å². The number of rotatable bonds is 8. The molecule has 0 fully saturated rings. The molecule has 0 saturated heterocycles. The van der Waals surface area contributed by atoms with Gasteiger partial charge in [0, 0.05) is 11.3 Å². The lowest BCUT2D eigenvalue weighted by Crippen LogP contribution is -2.19. The van der Waals surface area contributed by atoms with Gasteiger partial charge in [0.05, 0.1) is 0 Å². The van der Waals surface area contributed by atoms with E-state index in [1.165, 1.54) is 0 Å². The van der Waals surface area contributed by atoms with Crippen LogP contribution in [0.1, 0.15) is 49.0 Å². The van der Waals surface area contributed by atoms with Crippen molar-refractivity contribution in [1.29, 1.82) is 0 Å². The van der Waals surface area contributed by atoms with Gasteiger partial charge in [-0.2, -0.15) is 5.10 Å². The minimum absolute atomic E-state index is 0.208. The first-order chi connectivity index (χ1) is 11.7. The summed E-state index contributed by atoms with van der Waals surface area (Å²) in [6.45, 7) is 4.57. The molecule has 4 heteroatoms. The Morgan fingerprint density at radius 1 is 1.08 bits per heavy atom. The standard InChI is InChI=1S/C20H24N2O2/c1-3-4-8-16(2)21-22-20(23)18-11-13-19(14-12-18)24-15-17-9-6-5-7-10-17/h5-7,9-14H,3-4,8,15H2,1-2H3,(H,22,23). The maximum absolute atomic E-state index is 12.1. The highest BCUT2D eigenvalue weighted by molar-refractivity contribution is 5.95. The molecule has 2 aromatic rings. The van der Waals surface area contributed by atoms with Crippen molar-refractivity contribution in [3.63, 3.8) is 0 Å². The minimum atomic E-state index is -0.208. The van der Waals surface area contributed by atoms with Crippen molar-refractivity contribution in [2.75, 3.05) is 0 Å². The Labute approximate surface area is 143 Å². The third-order valence-electron chi connectivity index (χ3n) is 3.61. The molecule has 0 radical (unpaired) electrons. The van der Waals surface area contributed by atoms with Gasteiger partial charge in [-0.25, -0.2) is 5.43 Å². The van der Waals surface area contributed by atoms with Crippen LogP contribution in [0.5, 0.6) is 5.75 Å². The molecule has 4 nitrogen and oxygen atoms in total. The SMILES string of the molecule is CCCCC(C)=NNC(=O)c1ccc(OCc2ccccc2)cc1. The number of carbonyl (C=O) groups is 1. The van der Waals surface area contributed by atoms with Gasteiger partial charge in [-0.15, -0.1) is 0 Å². The predicted octanol–water partition coefficient (Wildman–Crippen LogP) is 4.56. The molecule has 0 aromatic heterocycles. The molecule has 0 spiro atoms. The summed E-state index contributed by atoms with van der Waals surface area (Å²) in [4.78, 5) is 12.1. The van der Waals surface area contributed by atoms with Crippen molar-refractivity contribution in [3.8, 4) is 5.75 Å². The van der Waals surface area contributed by atoms with Gasteiger partial charge in [0.15, 0.2) is 0 Å². The Hall–Kier alpha value is -2.62. The van der Waals surface area contributed by atoms with Gasteiger partial charge in [-0.1, -0.05) is 43.7 Å². The summed E-state index contributed by atoms with van der Waals surface area (Å²) >= 11 is 0.